The smallest absolute Gasteiger partial charge is 0.248 e. The fraction of sp³-hybridized carbons (Fsp3) is 0.158. The molecule has 9 heteroatoms. The van der Waals surface area contributed by atoms with Gasteiger partial charge < -0.3 is 0 Å². The summed E-state index contributed by atoms with van der Waals surface area (Å²) < 4.78 is 0.972. The van der Waals surface area contributed by atoms with E-state index in [0.29, 0.717) is 9.98 Å². The zero-order valence-electron chi connectivity index (χ0n) is 15.3. The molecule has 6 nitrogen and oxygen atoms in total. The summed E-state index contributed by atoms with van der Waals surface area (Å²) in [6, 6.07) is 16.9. The second kappa shape index (κ2) is 10.4. The van der Waals surface area contributed by atoms with Crippen LogP contribution in [0.15, 0.2) is 54.6 Å². The number of carbonyl (C=O) groups excluding carboxylic acids is 2. The highest BCUT2D eigenvalue weighted by Crippen LogP contribution is 2.13. The number of halogens is 1. The predicted molar refractivity (Wildman–Crippen MR) is 125 cm³/mol. The first-order chi connectivity index (χ1) is 13.3. The number of nitrogens with one attached hydrogen (secondary N) is 2. The fourth-order valence-corrected chi connectivity index (χ4v) is 3.52. The van der Waals surface area contributed by atoms with Gasteiger partial charge in [-0.15, -0.1) is 0 Å². The van der Waals surface area contributed by atoms with Crippen LogP contribution in [0.1, 0.15) is 17.5 Å². The zero-order chi connectivity index (χ0) is 20.7. The summed E-state index contributed by atoms with van der Waals surface area (Å²) in [5, 5.41) is 2.85. The molecule has 0 aliphatic rings. The van der Waals surface area contributed by atoms with Gasteiger partial charge in [0.15, 0.2) is 0 Å². The number of carbonyl (C=O) groups is 2. The number of amides is 2. The van der Waals surface area contributed by atoms with Crippen molar-refractivity contribution in [1.82, 2.24) is 20.9 Å². The molecule has 2 N–H and O–H groups in total. The minimum absolute atomic E-state index is 0.361. The van der Waals surface area contributed by atoms with Gasteiger partial charge in [0.25, 0.3) is 0 Å². The van der Waals surface area contributed by atoms with E-state index in [-0.39, 0.29) is 6.42 Å². The molecule has 0 radical (unpaired) electrons. The molecule has 0 spiro atoms. The van der Waals surface area contributed by atoms with Crippen LogP contribution in [0.2, 0.25) is 0 Å². The largest absolute Gasteiger partial charge is 0.277 e. The molecule has 0 saturated heterocycles. The van der Waals surface area contributed by atoms with Gasteiger partial charge in [0.2, 0.25) is 11.8 Å². The average Bonchev–Trinajstić information content (AvgIpc) is 2.67. The minimum Gasteiger partial charge on any atom is -0.277 e. The van der Waals surface area contributed by atoms with Gasteiger partial charge in [-0.2, -0.15) is 0 Å². The molecule has 0 unspecified atom stereocenters. The first-order valence-electron chi connectivity index (χ1n) is 8.24. The molecule has 0 fully saturated rings. The first-order valence-corrected chi connectivity index (χ1v) is 10.1. The molecular formula is C19H19IN4O2S2. The van der Waals surface area contributed by atoms with Gasteiger partial charge in [0.1, 0.15) is 16.4 Å². The molecule has 0 heterocycles. The summed E-state index contributed by atoms with van der Waals surface area (Å²) in [5.74, 6) is -0.959. The van der Waals surface area contributed by atoms with Crippen LogP contribution in [0.5, 0.6) is 0 Å². The number of hydrogen-bond acceptors (Lipinski definition) is 4. The molecule has 0 atom stereocenters. The Morgan fingerprint density at radius 1 is 0.857 bits per heavy atom. The van der Waals surface area contributed by atoms with E-state index >= 15 is 0 Å². The van der Waals surface area contributed by atoms with Gasteiger partial charge in [-0.25, -0.2) is 0 Å². The second-order valence-corrected chi connectivity index (χ2v) is 7.76. The lowest BCUT2D eigenvalue weighted by Crippen LogP contribution is -2.47. The van der Waals surface area contributed by atoms with E-state index in [0.717, 1.165) is 14.7 Å². The molecule has 146 valence electrons. The molecule has 0 saturated carbocycles. The Bertz CT molecular complexity index is 893. The fourth-order valence-electron chi connectivity index (χ4n) is 2.29. The van der Waals surface area contributed by atoms with Crippen LogP contribution in [0.4, 0.5) is 0 Å². The topological polar surface area (TPSA) is 64.7 Å². The van der Waals surface area contributed by atoms with Gasteiger partial charge in [0, 0.05) is 28.8 Å². The third-order valence-electron chi connectivity index (χ3n) is 3.64. The normalized spacial score (nSPS) is 9.96. The van der Waals surface area contributed by atoms with E-state index in [1.54, 1.807) is 14.1 Å². The molecule has 2 rings (SSSR count). The number of benzene rings is 2. The molecule has 2 amide bonds. The SMILES string of the molecule is CN(NC(=O)CC(=O)NN(C)C(=S)c1ccccc1I)C(=S)c1ccccc1. The molecule has 2 aromatic carbocycles. The van der Waals surface area contributed by atoms with E-state index in [1.165, 1.54) is 10.0 Å². The lowest BCUT2D eigenvalue weighted by molar-refractivity contribution is -0.132. The van der Waals surface area contributed by atoms with Crippen LogP contribution in [-0.4, -0.2) is 45.9 Å². The number of rotatable bonds is 4. The lowest BCUT2D eigenvalue weighted by Gasteiger charge is -2.23. The van der Waals surface area contributed by atoms with Crippen molar-refractivity contribution in [2.75, 3.05) is 14.1 Å². The summed E-state index contributed by atoms with van der Waals surface area (Å²) in [5.41, 5.74) is 6.83. The Morgan fingerprint density at radius 2 is 1.36 bits per heavy atom. The van der Waals surface area contributed by atoms with Crippen molar-refractivity contribution in [1.29, 1.82) is 0 Å². The molecule has 0 aliphatic carbocycles. The van der Waals surface area contributed by atoms with Crippen LogP contribution in [0.3, 0.4) is 0 Å². The maximum absolute atomic E-state index is 12.2. The maximum Gasteiger partial charge on any atom is 0.248 e. The van der Waals surface area contributed by atoms with Crippen molar-refractivity contribution >= 4 is 68.8 Å². The van der Waals surface area contributed by atoms with Crippen molar-refractivity contribution in [2.24, 2.45) is 0 Å². The predicted octanol–water partition coefficient (Wildman–Crippen LogP) is 2.66. The molecular weight excluding hydrogens is 507 g/mol. The minimum atomic E-state index is -0.480. The van der Waals surface area contributed by atoms with E-state index in [9.17, 15) is 9.59 Å². The van der Waals surface area contributed by atoms with E-state index in [2.05, 4.69) is 33.4 Å². The summed E-state index contributed by atoms with van der Waals surface area (Å²) >= 11 is 12.9. The summed E-state index contributed by atoms with van der Waals surface area (Å²) in [4.78, 5) is 25.2. The Balaban J connectivity index is 1.86. The maximum atomic E-state index is 12.2. The number of hydrogen-bond donors (Lipinski definition) is 2. The van der Waals surface area contributed by atoms with Crippen molar-refractivity contribution in [2.45, 2.75) is 6.42 Å². The molecule has 28 heavy (non-hydrogen) atoms. The average molecular weight is 526 g/mol. The highest BCUT2D eigenvalue weighted by atomic mass is 127. The first kappa shape index (κ1) is 22.2. The van der Waals surface area contributed by atoms with Gasteiger partial charge in [-0.05, 0) is 28.7 Å². The second-order valence-electron chi connectivity index (χ2n) is 5.82. The molecule has 0 aliphatic heterocycles. The van der Waals surface area contributed by atoms with Crippen LogP contribution in [-0.2, 0) is 9.59 Å². The van der Waals surface area contributed by atoms with Gasteiger partial charge in [-0.1, -0.05) is 73.0 Å². The van der Waals surface area contributed by atoms with Crippen molar-refractivity contribution < 1.29 is 9.59 Å². The van der Waals surface area contributed by atoms with E-state index in [1.807, 2.05) is 54.6 Å². The Labute approximate surface area is 188 Å². The Morgan fingerprint density at radius 3 is 1.93 bits per heavy atom. The number of nitrogens with zero attached hydrogens (tertiary/aromatic N) is 2. The van der Waals surface area contributed by atoms with Gasteiger partial charge in [0.05, 0.1) is 0 Å². The molecule has 0 aromatic heterocycles. The third-order valence-corrected chi connectivity index (χ3v) is 5.58. The van der Waals surface area contributed by atoms with Crippen LogP contribution < -0.4 is 10.9 Å². The summed E-state index contributed by atoms with van der Waals surface area (Å²) in [6.45, 7) is 0. The highest BCUT2D eigenvalue weighted by Gasteiger charge is 2.17. The van der Waals surface area contributed by atoms with Crippen LogP contribution in [0.25, 0.3) is 0 Å². The van der Waals surface area contributed by atoms with Crippen molar-refractivity contribution in [3.8, 4) is 0 Å². The summed E-state index contributed by atoms with van der Waals surface area (Å²) in [6.07, 6.45) is -0.361. The quantitative estimate of drug-likeness (QED) is 0.277. The third kappa shape index (κ3) is 6.21. The van der Waals surface area contributed by atoms with Crippen LogP contribution >= 0.6 is 47.0 Å². The van der Waals surface area contributed by atoms with Crippen LogP contribution in [0, 0.1) is 3.57 Å². The Kier molecular flexibility index (Phi) is 8.27. The van der Waals surface area contributed by atoms with Gasteiger partial charge >= 0.3 is 0 Å². The van der Waals surface area contributed by atoms with E-state index in [4.69, 9.17) is 24.4 Å². The molecule has 0 bridgehead atoms. The number of hydrazine groups is 2. The number of thiocarbonyl (C=S) groups is 2. The summed E-state index contributed by atoms with van der Waals surface area (Å²) in [7, 11) is 3.27. The van der Waals surface area contributed by atoms with Crippen molar-refractivity contribution in [3.63, 3.8) is 0 Å². The molecule has 2 aromatic rings. The van der Waals surface area contributed by atoms with E-state index < -0.39 is 11.8 Å². The Hall–Kier alpha value is -2.11. The highest BCUT2D eigenvalue weighted by molar-refractivity contribution is 14.1. The standard InChI is InChI=1S/C19H19IN4O2S2/c1-23(18(27)13-8-4-3-5-9-13)21-16(25)12-17(26)22-24(2)19(28)14-10-6-7-11-15(14)20/h3-11H,12H2,1-2H3,(H,21,25)(H,22,26). The zero-order valence-corrected chi connectivity index (χ0v) is 19.1. The lowest BCUT2D eigenvalue weighted by atomic mass is 10.2. The van der Waals surface area contributed by atoms with Gasteiger partial charge in [-0.3, -0.25) is 30.5 Å². The van der Waals surface area contributed by atoms with Crippen molar-refractivity contribution in [3.05, 3.63) is 69.3 Å². The monoisotopic (exact) mass is 526 g/mol.